The summed E-state index contributed by atoms with van der Waals surface area (Å²) in [4.78, 5) is 4.72. The van der Waals surface area contributed by atoms with Crippen LogP contribution < -0.4 is 14.8 Å². The fraction of sp³-hybridized carbons (Fsp3) is 0.300. The van der Waals surface area contributed by atoms with E-state index in [2.05, 4.69) is 88.9 Å². The minimum atomic E-state index is 0.295. The zero-order chi connectivity index (χ0) is 24.2. The molecule has 1 aliphatic heterocycles. The number of allylic oxidation sites excluding steroid dienone is 2. The molecule has 5 heteroatoms. The summed E-state index contributed by atoms with van der Waals surface area (Å²) in [5.41, 5.74) is 5.84. The van der Waals surface area contributed by atoms with Crippen molar-refractivity contribution in [3.63, 3.8) is 0 Å². The first kappa shape index (κ1) is 23.7. The highest BCUT2D eigenvalue weighted by Crippen LogP contribution is 2.49. The monoisotopic (exact) mass is 530 g/mol. The minimum absolute atomic E-state index is 0.295. The number of ether oxygens (including phenoxy) is 2. The molecule has 2 aliphatic rings. The van der Waals surface area contributed by atoms with E-state index in [0.29, 0.717) is 31.1 Å². The SMILES string of the molecule is CCCOc1c(Br)cc(C=Nc2ccc([C@@H]3Nc4ccccc4[C@@H]4C=CC[C@H]43)cc2)cc1OCC. The van der Waals surface area contributed by atoms with Crippen LogP contribution >= 0.6 is 15.9 Å². The van der Waals surface area contributed by atoms with Crippen LogP contribution in [0.1, 0.15) is 55.3 Å². The van der Waals surface area contributed by atoms with E-state index in [9.17, 15) is 0 Å². The molecular weight excluding hydrogens is 500 g/mol. The van der Waals surface area contributed by atoms with Gasteiger partial charge in [-0.1, -0.05) is 49.4 Å². The van der Waals surface area contributed by atoms with Crippen molar-refractivity contribution in [2.45, 2.75) is 38.6 Å². The van der Waals surface area contributed by atoms with Crippen molar-refractivity contribution >= 4 is 33.5 Å². The molecule has 0 unspecified atom stereocenters. The first-order valence-corrected chi connectivity index (χ1v) is 13.2. The summed E-state index contributed by atoms with van der Waals surface area (Å²) < 4.78 is 12.6. The van der Waals surface area contributed by atoms with Gasteiger partial charge in [0.05, 0.1) is 29.4 Å². The largest absolute Gasteiger partial charge is 0.490 e. The predicted octanol–water partition coefficient (Wildman–Crippen LogP) is 8.21. The van der Waals surface area contributed by atoms with Crippen LogP contribution in [0.3, 0.4) is 0 Å². The predicted molar refractivity (Wildman–Crippen MR) is 148 cm³/mol. The zero-order valence-electron chi connectivity index (χ0n) is 20.2. The van der Waals surface area contributed by atoms with E-state index >= 15 is 0 Å². The molecule has 3 atom stereocenters. The van der Waals surface area contributed by atoms with Gasteiger partial charge in [-0.15, -0.1) is 0 Å². The normalized spacial score (nSPS) is 20.4. The summed E-state index contributed by atoms with van der Waals surface area (Å²) in [5, 5.41) is 3.80. The van der Waals surface area contributed by atoms with E-state index in [1.54, 1.807) is 0 Å². The molecule has 0 amide bonds. The lowest BCUT2D eigenvalue weighted by Crippen LogP contribution is -2.28. The molecule has 5 rings (SSSR count). The van der Waals surface area contributed by atoms with Crippen LogP contribution in [0, 0.1) is 5.92 Å². The quantitative estimate of drug-likeness (QED) is 0.235. The topological polar surface area (TPSA) is 42.8 Å². The van der Waals surface area contributed by atoms with Gasteiger partial charge in [0.25, 0.3) is 0 Å². The van der Waals surface area contributed by atoms with Gasteiger partial charge in [-0.3, -0.25) is 4.99 Å². The lowest BCUT2D eigenvalue weighted by Gasteiger charge is -2.37. The lowest BCUT2D eigenvalue weighted by atomic mass is 9.77. The van der Waals surface area contributed by atoms with E-state index in [4.69, 9.17) is 14.5 Å². The Labute approximate surface area is 216 Å². The second kappa shape index (κ2) is 10.7. The summed E-state index contributed by atoms with van der Waals surface area (Å²) in [6, 6.07) is 21.6. The van der Waals surface area contributed by atoms with Crippen LogP contribution in [0.25, 0.3) is 0 Å². The maximum atomic E-state index is 5.88. The number of hydrogen-bond acceptors (Lipinski definition) is 4. The number of nitrogens with one attached hydrogen (secondary N) is 1. The van der Waals surface area contributed by atoms with Crippen molar-refractivity contribution in [3.05, 3.63) is 94.0 Å². The highest BCUT2D eigenvalue weighted by molar-refractivity contribution is 9.10. The second-order valence-corrected chi connectivity index (χ2v) is 9.88. The fourth-order valence-electron chi connectivity index (χ4n) is 5.06. The number of para-hydroxylation sites is 1. The van der Waals surface area contributed by atoms with Gasteiger partial charge in [-0.25, -0.2) is 0 Å². The van der Waals surface area contributed by atoms with E-state index in [1.165, 1.54) is 16.8 Å². The molecule has 0 radical (unpaired) electrons. The number of benzene rings is 3. The Kier molecular flexibility index (Phi) is 7.24. The third-order valence-corrected chi connectivity index (χ3v) is 7.26. The Hall–Kier alpha value is -3.05. The van der Waals surface area contributed by atoms with Gasteiger partial charge < -0.3 is 14.8 Å². The average Bonchev–Trinajstić information content (AvgIpc) is 3.38. The van der Waals surface area contributed by atoms with Crippen LogP contribution in [-0.4, -0.2) is 19.4 Å². The Morgan fingerprint density at radius 1 is 1.06 bits per heavy atom. The minimum Gasteiger partial charge on any atom is -0.490 e. The molecule has 3 aromatic carbocycles. The van der Waals surface area contributed by atoms with Gasteiger partial charge in [0.1, 0.15) is 0 Å². The lowest BCUT2D eigenvalue weighted by molar-refractivity contribution is 0.275. The highest BCUT2D eigenvalue weighted by atomic mass is 79.9. The van der Waals surface area contributed by atoms with Gasteiger partial charge in [0.15, 0.2) is 11.5 Å². The maximum absolute atomic E-state index is 5.88. The number of nitrogens with zero attached hydrogens (tertiary/aromatic N) is 1. The molecular formula is C30H31BrN2O2. The number of fused-ring (bicyclic) bond motifs is 3. The smallest absolute Gasteiger partial charge is 0.175 e. The Bertz CT molecular complexity index is 1240. The average molecular weight is 531 g/mol. The van der Waals surface area contributed by atoms with Gasteiger partial charge in [0, 0.05) is 17.8 Å². The number of hydrogen-bond donors (Lipinski definition) is 1. The summed E-state index contributed by atoms with van der Waals surface area (Å²) in [7, 11) is 0. The van der Waals surface area contributed by atoms with Crippen molar-refractivity contribution in [1.29, 1.82) is 0 Å². The molecule has 0 saturated heterocycles. The van der Waals surface area contributed by atoms with E-state index in [0.717, 1.165) is 40.1 Å². The molecule has 180 valence electrons. The number of halogens is 1. The summed E-state index contributed by atoms with van der Waals surface area (Å²) in [6.07, 6.45) is 8.63. The Morgan fingerprint density at radius 2 is 1.89 bits per heavy atom. The molecule has 35 heavy (non-hydrogen) atoms. The molecule has 4 nitrogen and oxygen atoms in total. The Balaban J connectivity index is 1.34. The van der Waals surface area contributed by atoms with Crippen LogP contribution in [0.5, 0.6) is 11.5 Å². The molecule has 1 N–H and O–H groups in total. The third-order valence-electron chi connectivity index (χ3n) is 6.67. The molecule has 0 spiro atoms. The first-order valence-electron chi connectivity index (χ1n) is 12.4. The van der Waals surface area contributed by atoms with Crippen molar-refractivity contribution in [2.75, 3.05) is 18.5 Å². The van der Waals surface area contributed by atoms with Gasteiger partial charge in [0.2, 0.25) is 0 Å². The molecule has 1 aliphatic carbocycles. The first-order chi connectivity index (χ1) is 17.2. The molecule has 1 heterocycles. The molecule has 0 aromatic heterocycles. The van der Waals surface area contributed by atoms with Crippen LogP contribution in [0.4, 0.5) is 11.4 Å². The summed E-state index contributed by atoms with van der Waals surface area (Å²) in [6.45, 7) is 5.29. The van der Waals surface area contributed by atoms with Crippen molar-refractivity contribution in [1.82, 2.24) is 0 Å². The third kappa shape index (κ3) is 5.01. The second-order valence-electron chi connectivity index (χ2n) is 9.02. The van der Waals surface area contributed by atoms with Crippen LogP contribution in [0.15, 0.2) is 82.3 Å². The number of aliphatic imine (C=N–C) groups is 1. The van der Waals surface area contributed by atoms with E-state index in [1.807, 2.05) is 25.3 Å². The highest BCUT2D eigenvalue weighted by Gasteiger charge is 2.37. The molecule has 0 saturated carbocycles. The molecule has 3 aromatic rings. The van der Waals surface area contributed by atoms with Gasteiger partial charge in [-0.2, -0.15) is 0 Å². The van der Waals surface area contributed by atoms with Gasteiger partial charge >= 0.3 is 0 Å². The molecule has 0 bridgehead atoms. The summed E-state index contributed by atoms with van der Waals surface area (Å²) >= 11 is 3.63. The van der Waals surface area contributed by atoms with E-state index < -0.39 is 0 Å². The summed E-state index contributed by atoms with van der Waals surface area (Å²) in [5.74, 6) is 2.51. The fourth-order valence-corrected chi connectivity index (χ4v) is 5.63. The van der Waals surface area contributed by atoms with Crippen LogP contribution in [-0.2, 0) is 0 Å². The Morgan fingerprint density at radius 3 is 2.69 bits per heavy atom. The maximum Gasteiger partial charge on any atom is 0.175 e. The number of anilines is 1. The van der Waals surface area contributed by atoms with E-state index in [-0.39, 0.29) is 0 Å². The van der Waals surface area contributed by atoms with Crippen molar-refractivity contribution in [2.24, 2.45) is 10.9 Å². The molecule has 0 fully saturated rings. The van der Waals surface area contributed by atoms with Crippen molar-refractivity contribution < 1.29 is 9.47 Å². The van der Waals surface area contributed by atoms with Crippen LogP contribution in [0.2, 0.25) is 0 Å². The zero-order valence-corrected chi connectivity index (χ0v) is 21.8. The standard InChI is InChI=1S/C30H31BrN2O2/c1-3-16-35-30-26(31)17-20(18-28(30)34-4-2)19-32-22-14-12-21(13-15-22)29-25-10-7-9-23(25)24-8-5-6-11-27(24)33-29/h5-9,11-15,17-19,23,25,29,33H,3-4,10,16H2,1-2H3/t23-,25+,29-/m0/s1. The van der Waals surface area contributed by atoms with Crippen molar-refractivity contribution in [3.8, 4) is 11.5 Å². The number of rotatable bonds is 8. The van der Waals surface area contributed by atoms with Gasteiger partial charge in [-0.05, 0) is 88.6 Å².